The average molecular weight is 388 g/mol. The lowest BCUT2D eigenvalue weighted by molar-refractivity contribution is -0.115. The first-order valence-electron chi connectivity index (χ1n) is 5.77. The van der Waals surface area contributed by atoms with E-state index in [0.29, 0.717) is 18.0 Å². The molecule has 1 aromatic carbocycles. The molecule has 19 heavy (non-hydrogen) atoms. The molecule has 0 aliphatic rings. The molecule has 1 aromatic heterocycles. The topological polar surface area (TPSA) is 55.1 Å². The van der Waals surface area contributed by atoms with Gasteiger partial charge in [0.2, 0.25) is 11.8 Å². The summed E-state index contributed by atoms with van der Waals surface area (Å²) in [7, 11) is 0. The van der Waals surface area contributed by atoms with Crippen molar-refractivity contribution < 1.29 is 9.32 Å². The number of nitrogens with zero attached hydrogens (tertiary/aromatic N) is 1. The minimum atomic E-state index is -0.228. The van der Waals surface area contributed by atoms with E-state index in [1.54, 1.807) is 6.07 Å². The molecule has 0 saturated heterocycles. The minimum Gasteiger partial charge on any atom is -0.338 e. The van der Waals surface area contributed by atoms with Crippen LogP contribution in [0.4, 0.5) is 5.88 Å². The highest BCUT2D eigenvalue weighted by molar-refractivity contribution is 9.10. The number of carbonyl (C=O) groups is 1. The molecule has 1 amide bonds. The number of hydrogen-bond donors (Lipinski definition) is 1. The maximum atomic E-state index is 11.7. The Morgan fingerprint density at radius 3 is 2.74 bits per heavy atom. The third-order valence-corrected chi connectivity index (χ3v) is 4.13. The molecule has 0 radical (unpaired) electrons. The van der Waals surface area contributed by atoms with Crippen molar-refractivity contribution in [3.63, 3.8) is 0 Å². The first kappa shape index (κ1) is 14.3. The molecule has 1 heterocycles. The fourth-order valence-electron chi connectivity index (χ4n) is 1.48. The molecule has 0 fully saturated rings. The van der Waals surface area contributed by atoms with Crippen LogP contribution in [-0.4, -0.2) is 15.9 Å². The Labute approximate surface area is 127 Å². The van der Waals surface area contributed by atoms with E-state index in [4.69, 9.17) is 4.52 Å². The minimum absolute atomic E-state index is 0.138. The van der Waals surface area contributed by atoms with Crippen LogP contribution >= 0.6 is 31.9 Å². The molecule has 2 rings (SSSR count). The van der Waals surface area contributed by atoms with Gasteiger partial charge in [-0.2, -0.15) is 0 Å². The summed E-state index contributed by atoms with van der Waals surface area (Å²) in [4.78, 5) is 11.5. The van der Waals surface area contributed by atoms with Crippen molar-refractivity contribution in [2.75, 3.05) is 5.32 Å². The first-order chi connectivity index (χ1) is 9.10. The van der Waals surface area contributed by atoms with Crippen LogP contribution in [-0.2, 0) is 4.79 Å². The van der Waals surface area contributed by atoms with Gasteiger partial charge in [0.15, 0.2) is 0 Å². The number of aromatic nitrogens is 1. The number of halogens is 2. The molecule has 100 valence electrons. The van der Waals surface area contributed by atoms with Gasteiger partial charge in [0, 0.05) is 16.1 Å². The molecule has 0 spiro atoms. The number of nitrogens with one attached hydrogen (secondary N) is 1. The summed E-state index contributed by atoms with van der Waals surface area (Å²) in [6.07, 6.45) is 0.708. The number of carbonyl (C=O) groups excluding carboxylic acids is 1. The van der Waals surface area contributed by atoms with E-state index in [2.05, 4.69) is 42.3 Å². The van der Waals surface area contributed by atoms with E-state index in [0.717, 1.165) is 10.0 Å². The SMILES string of the molecule is CCC(Br)C(=O)Nc1cc(-c2ccc(Br)cc2)no1. The smallest absolute Gasteiger partial charge is 0.240 e. The Kier molecular flexibility index (Phi) is 4.76. The Bertz CT molecular complexity index is 566. The van der Waals surface area contributed by atoms with Gasteiger partial charge in [-0.25, -0.2) is 0 Å². The van der Waals surface area contributed by atoms with E-state index < -0.39 is 0 Å². The molecule has 0 aliphatic heterocycles. The Morgan fingerprint density at radius 1 is 1.42 bits per heavy atom. The van der Waals surface area contributed by atoms with Crippen molar-refractivity contribution in [2.24, 2.45) is 0 Å². The number of amides is 1. The zero-order chi connectivity index (χ0) is 13.8. The predicted molar refractivity (Wildman–Crippen MR) is 81.3 cm³/mol. The summed E-state index contributed by atoms with van der Waals surface area (Å²) in [5.41, 5.74) is 1.61. The zero-order valence-electron chi connectivity index (χ0n) is 10.2. The second-order valence-electron chi connectivity index (χ2n) is 3.95. The molecule has 1 unspecified atom stereocenters. The number of anilines is 1. The van der Waals surface area contributed by atoms with Crippen LogP contribution in [0, 0.1) is 0 Å². The summed E-state index contributed by atoms with van der Waals surface area (Å²) >= 11 is 6.65. The standard InChI is InChI=1S/C13H12Br2N2O2/c1-2-10(15)13(18)16-12-7-11(17-19-12)8-3-5-9(14)6-4-8/h3-7,10H,2H2,1H3,(H,16,18). The molecular weight excluding hydrogens is 376 g/mol. The largest absolute Gasteiger partial charge is 0.338 e. The first-order valence-corrected chi connectivity index (χ1v) is 7.48. The lowest BCUT2D eigenvalue weighted by Gasteiger charge is -2.04. The van der Waals surface area contributed by atoms with Gasteiger partial charge in [-0.3, -0.25) is 10.1 Å². The molecule has 0 aliphatic carbocycles. The Morgan fingerprint density at radius 2 is 2.11 bits per heavy atom. The van der Waals surface area contributed by atoms with Crippen LogP contribution in [0.5, 0.6) is 0 Å². The average Bonchev–Trinajstić information content (AvgIpc) is 2.87. The normalized spacial score (nSPS) is 12.2. The van der Waals surface area contributed by atoms with Crippen molar-refractivity contribution in [1.29, 1.82) is 0 Å². The third-order valence-electron chi connectivity index (χ3n) is 2.54. The van der Waals surface area contributed by atoms with Crippen molar-refractivity contribution >= 4 is 43.7 Å². The summed E-state index contributed by atoms with van der Waals surface area (Å²) in [5.74, 6) is 0.210. The van der Waals surface area contributed by atoms with Crippen LogP contribution in [0.2, 0.25) is 0 Å². The predicted octanol–water partition coefficient (Wildman–Crippen LogP) is 4.22. The third kappa shape index (κ3) is 3.67. The fraction of sp³-hybridized carbons (Fsp3) is 0.231. The van der Waals surface area contributed by atoms with Gasteiger partial charge in [0.1, 0.15) is 5.69 Å². The van der Waals surface area contributed by atoms with E-state index >= 15 is 0 Å². The van der Waals surface area contributed by atoms with E-state index in [-0.39, 0.29) is 10.7 Å². The second-order valence-corrected chi connectivity index (χ2v) is 5.97. The molecule has 2 aromatic rings. The van der Waals surface area contributed by atoms with E-state index in [9.17, 15) is 4.79 Å². The van der Waals surface area contributed by atoms with Crippen LogP contribution < -0.4 is 5.32 Å². The van der Waals surface area contributed by atoms with Gasteiger partial charge in [-0.1, -0.05) is 56.1 Å². The Hall–Kier alpha value is -1.14. The molecule has 1 N–H and O–H groups in total. The fourth-order valence-corrected chi connectivity index (χ4v) is 1.85. The van der Waals surface area contributed by atoms with Gasteiger partial charge >= 0.3 is 0 Å². The monoisotopic (exact) mass is 386 g/mol. The Balaban J connectivity index is 2.11. The summed E-state index contributed by atoms with van der Waals surface area (Å²) in [5, 5.41) is 6.60. The van der Waals surface area contributed by atoms with Crippen LogP contribution in [0.3, 0.4) is 0 Å². The van der Waals surface area contributed by atoms with Crippen LogP contribution in [0.15, 0.2) is 39.3 Å². The van der Waals surface area contributed by atoms with Gasteiger partial charge < -0.3 is 4.52 Å². The lowest BCUT2D eigenvalue weighted by Crippen LogP contribution is -2.21. The van der Waals surface area contributed by atoms with Crippen LogP contribution in [0.1, 0.15) is 13.3 Å². The van der Waals surface area contributed by atoms with Crippen molar-refractivity contribution in [1.82, 2.24) is 5.16 Å². The molecule has 6 heteroatoms. The van der Waals surface area contributed by atoms with Gasteiger partial charge in [0.25, 0.3) is 0 Å². The summed E-state index contributed by atoms with van der Waals surface area (Å²) in [6, 6.07) is 9.40. The van der Waals surface area contributed by atoms with Gasteiger partial charge in [0.05, 0.1) is 4.83 Å². The molecule has 4 nitrogen and oxygen atoms in total. The summed E-state index contributed by atoms with van der Waals surface area (Å²) < 4.78 is 6.10. The van der Waals surface area contributed by atoms with E-state index in [1.165, 1.54) is 0 Å². The van der Waals surface area contributed by atoms with Crippen molar-refractivity contribution in [3.05, 3.63) is 34.8 Å². The molecule has 0 bridgehead atoms. The van der Waals surface area contributed by atoms with Crippen molar-refractivity contribution in [2.45, 2.75) is 18.2 Å². The van der Waals surface area contributed by atoms with Gasteiger partial charge in [-0.15, -0.1) is 0 Å². The van der Waals surface area contributed by atoms with E-state index in [1.807, 2.05) is 31.2 Å². The maximum absolute atomic E-state index is 11.7. The maximum Gasteiger partial charge on any atom is 0.240 e. The van der Waals surface area contributed by atoms with Gasteiger partial charge in [-0.05, 0) is 18.6 Å². The highest BCUT2D eigenvalue weighted by atomic mass is 79.9. The number of rotatable bonds is 4. The molecule has 0 saturated carbocycles. The summed E-state index contributed by atoms with van der Waals surface area (Å²) in [6.45, 7) is 1.92. The quantitative estimate of drug-likeness (QED) is 0.799. The zero-order valence-corrected chi connectivity index (χ0v) is 13.4. The molecular formula is C13H12Br2N2O2. The number of hydrogen-bond acceptors (Lipinski definition) is 3. The highest BCUT2D eigenvalue weighted by Crippen LogP contribution is 2.23. The molecule has 1 atom stereocenters. The van der Waals surface area contributed by atoms with Crippen LogP contribution in [0.25, 0.3) is 11.3 Å². The number of benzene rings is 1. The number of alkyl halides is 1. The second kappa shape index (κ2) is 6.34. The highest BCUT2D eigenvalue weighted by Gasteiger charge is 2.15. The lowest BCUT2D eigenvalue weighted by atomic mass is 10.1. The van der Waals surface area contributed by atoms with Crippen molar-refractivity contribution in [3.8, 4) is 11.3 Å².